The van der Waals surface area contributed by atoms with Crippen molar-refractivity contribution >= 4 is 64.4 Å². The van der Waals surface area contributed by atoms with Crippen LogP contribution in [0.25, 0.3) is 52.2 Å². The van der Waals surface area contributed by atoms with Crippen LogP contribution in [0.4, 0.5) is 13.2 Å². The molecule has 0 saturated carbocycles. The van der Waals surface area contributed by atoms with Gasteiger partial charge in [0, 0.05) is 35.5 Å². The van der Waals surface area contributed by atoms with Crippen LogP contribution in [0.15, 0.2) is 60.7 Å². The average molecular weight is 435 g/mol. The lowest BCUT2D eigenvalue weighted by Crippen LogP contribution is -1.84. The van der Waals surface area contributed by atoms with Crippen molar-refractivity contribution in [3.8, 4) is 10.4 Å². The minimum atomic E-state index is -0.856. The van der Waals surface area contributed by atoms with Gasteiger partial charge in [-0.05, 0) is 89.1 Å². The minimum Gasteiger partial charge on any atom is -0.206 e. The molecule has 0 radical (unpaired) electrons. The molecule has 0 saturated heterocycles. The third kappa shape index (κ3) is 2.66. The van der Waals surface area contributed by atoms with Gasteiger partial charge in [0.05, 0.1) is 0 Å². The zero-order chi connectivity index (χ0) is 20.6. The van der Waals surface area contributed by atoms with Crippen LogP contribution in [0, 0.1) is 24.4 Å². The highest BCUT2D eigenvalue weighted by Crippen LogP contribution is 2.40. The van der Waals surface area contributed by atoms with Gasteiger partial charge in [-0.2, -0.15) is 0 Å². The summed E-state index contributed by atoms with van der Waals surface area (Å²) in [5, 5.41) is 5.07. The molecule has 0 aliphatic rings. The van der Waals surface area contributed by atoms with E-state index in [2.05, 4.69) is 6.07 Å². The quantitative estimate of drug-likeness (QED) is 0.242. The molecule has 0 nitrogen and oxygen atoms in total. The number of hydrogen-bond acceptors (Lipinski definition) is 2. The van der Waals surface area contributed by atoms with E-state index in [0.29, 0.717) is 16.3 Å². The number of fused-ring (bicyclic) bond motifs is 5. The predicted octanol–water partition coefficient (Wildman–Crippen LogP) is 8.82. The Balaban J connectivity index is 1.64. The number of thiophene rings is 2. The number of hydrogen-bond donors (Lipinski definition) is 0. The molecule has 0 aliphatic heterocycles. The van der Waals surface area contributed by atoms with Crippen LogP contribution in [0.1, 0.15) is 4.88 Å². The second-order valence-electron chi connectivity index (χ2n) is 7.50. The van der Waals surface area contributed by atoms with Gasteiger partial charge in [0.15, 0.2) is 11.6 Å². The molecule has 0 atom stereocenters. The Morgan fingerprint density at radius 3 is 1.67 bits per heavy atom. The van der Waals surface area contributed by atoms with Crippen LogP contribution in [0.3, 0.4) is 0 Å². The van der Waals surface area contributed by atoms with Crippen molar-refractivity contribution in [2.45, 2.75) is 6.92 Å². The molecule has 30 heavy (non-hydrogen) atoms. The van der Waals surface area contributed by atoms with E-state index in [-0.39, 0.29) is 5.82 Å². The first-order chi connectivity index (χ1) is 14.5. The SMILES string of the molecule is Cc1ccc(-c2cc3cc4sc5cc6cc(F)c(F)cc6cc5c4cc3cc2F)s1. The largest absolute Gasteiger partial charge is 0.206 e. The van der Waals surface area contributed by atoms with Crippen LogP contribution in [0.2, 0.25) is 0 Å². The molecule has 2 heterocycles. The summed E-state index contributed by atoms with van der Waals surface area (Å²) in [6.07, 6.45) is 0. The van der Waals surface area contributed by atoms with Crippen molar-refractivity contribution in [2.75, 3.05) is 0 Å². The van der Waals surface area contributed by atoms with Gasteiger partial charge in [-0.3, -0.25) is 0 Å². The van der Waals surface area contributed by atoms with Gasteiger partial charge in [-0.15, -0.1) is 22.7 Å². The Morgan fingerprint density at radius 1 is 0.567 bits per heavy atom. The Kier molecular flexibility index (Phi) is 3.77. The molecule has 0 aliphatic carbocycles. The molecule has 6 aromatic rings. The van der Waals surface area contributed by atoms with Crippen LogP contribution >= 0.6 is 22.7 Å². The van der Waals surface area contributed by atoms with Gasteiger partial charge < -0.3 is 0 Å². The lowest BCUT2D eigenvalue weighted by Gasteiger charge is -2.05. The fourth-order valence-corrected chi connectivity index (χ4v) is 6.10. The van der Waals surface area contributed by atoms with Crippen molar-refractivity contribution in [2.24, 2.45) is 0 Å². The smallest absolute Gasteiger partial charge is 0.159 e. The highest BCUT2D eigenvalue weighted by Gasteiger charge is 2.13. The van der Waals surface area contributed by atoms with E-state index in [9.17, 15) is 13.2 Å². The highest BCUT2D eigenvalue weighted by atomic mass is 32.1. The van der Waals surface area contributed by atoms with Crippen molar-refractivity contribution in [3.05, 3.63) is 83.0 Å². The van der Waals surface area contributed by atoms with Crippen molar-refractivity contribution in [1.29, 1.82) is 0 Å². The first-order valence-corrected chi connectivity index (χ1v) is 11.0. The summed E-state index contributed by atoms with van der Waals surface area (Å²) in [6.45, 7) is 2.01. The van der Waals surface area contributed by atoms with Crippen molar-refractivity contribution in [1.82, 2.24) is 0 Å². The van der Waals surface area contributed by atoms with E-state index in [1.54, 1.807) is 28.7 Å². The zero-order valence-corrected chi connectivity index (χ0v) is 17.4. The molecular weight excluding hydrogens is 421 g/mol. The first kappa shape index (κ1) is 17.9. The molecule has 0 unspecified atom stereocenters. The molecule has 5 heteroatoms. The summed E-state index contributed by atoms with van der Waals surface area (Å²) >= 11 is 3.18. The van der Waals surface area contributed by atoms with Gasteiger partial charge in [-0.1, -0.05) is 0 Å². The van der Waals surface area contributed by atoms with Crippen LogP contribution in [-0.4, -0.2) is 0 Å². The Morgan fingerprint density at radius 2 is 1.10 bits per heavy atom. The predicted molar refractivity (Wildman–Crippen MR) is 122 cm³/mol. The van der Waals surface area contributed by atoms with E-state index >= 15 is 0 Å². The summed E-state index contributed by atoms with van der Waals surface area (Å²) in [5.41, 5.74) is 0.609. The maximum absolute atomic E-state index is 14.9. The molecule has 146 valence electrons. The number of rotatable bonds is 1. The summed E-state index contributed by atoms with van der Waals surface area (Å²) < 4.78 is 44.3. The first-order valence-electron chi connectivity index (χ1n) is 9.41. The molecule has 2 aromatic heterocycles. The van der Waals surface area contributed by atoms with Crippen LogP contribution in [0.5, 0.6) is 0 Å². The van der Waals surface area contributed by atoms with Gasteiger partial charge in [0.25, 0.3) is 0 Å². The molecule has 0 amide bonds. The normalized spacial score (nSPS) is 12.0. The maximum atomic E-state index is 14.9. The summed E-state index contributed by atoms with van der Waals surface area (Å²) in [4.78, 5) is 2.06. The van der Waals surface area contributed by atoms with Crippen molar-refractivity contribution < 1.29 is 13.2 Å². The third-order valence-corrected chi connectivity index (χ3v) is 7.67. The minimum absolute atomic E-state index is 0.244. The average Bonchev–Trinajstić information content (AvgIpc) is 3.28. The van der Waals surface area contributed by atoms with Gasteiger partial charge in [0.1, 0.15) is 5.82 Å². The van der Waals surface area contributed by atoms with E-state index in [0.717, 1.165) is 40.7 Å². The van der Waals surface area contributed by atoms with Gasteiger partial charge >= 0.3 is 0 Å². The van der Waals surface area contributed by atoms with Gasteiger partial charge in [-0.25, -0.2) is 13.2 Å². The molecule has 4 aromatic carbocycles. The number of benzene rings is 4. The van der Waals surface area contributed by atoms with Crippen molar-refractivity contribution in [3.63, 3.8) is 0 Å². The third-order valence-electron chi connectivity index (χ3n) is 5.52. The molecule has 0 spiro atoms. The monoisotopic (exact) mass is 434 g/mol. The molecule has 0 bridgehead atoms. The highest BCUT2D eigenvalue weighted by molar-refractivity contribution is 7.26. The summed E-state index contributed by atoms with van der Waals surface area (Å²) in [5.74, 6) is -1.95. The van der Waals surface area contributed by atoms with E-state index in [1.807, 2.05) is 43.3 Å². The summed E-state index contributed by atoms with van der Waals surface area (Å²) in [6, 6.07) is 17.7. The maximum Gasteiger partial charge on any atom is 0.159 e. The Labute approximate surface area is 177 Å². The Hall–Kier alpha value is -2.89. The van der Waals surface area contributed by atoms with Crippen LogP contribution < -0.4 is 0 Å². The fraction of sp³-hybridized carbons (Fsp3) is 0.0400. The Bertz CT molecular complexity index is 1640. The van der Waals surface area contributed by atoms with E-state index < -0.39 is 11.6 Å². The standard InChI is InChI=1S/C25H13F3S2/c1-12-2-3-23(29-12)19-6-15-10-24-17(4-13(15)7-20(19)26)18-5-14-8-21(27)22(28)9-16(14)11-25(18)30-24/h2-11H,1H3. The second kappa shape index (κ2) is 6.30. The lowest BCUT2D eigenvalue weighted by atomic mass is 10.0. The molecule has 6 rings (SSSR count). The zero-order valence-electron chi connectivity index (χ0n) is 15.7. The topological polar surface area (TPSA) is 0 Å². The molecular formula is C25H13F3S2. The van der Waals surface area contributed by atoms with E-state index in [4.69, 9.17) is 0 Å². The number of aryl methyl sites for hydroxylation is 1. The van der Waals surface area contributed by atoms with E-state index in [1.165, 1.54) is 12.1 Å². The van der Waals surface area contributed by atoms with Crippen LogP contribution in [-0.2, 0) is 0 Å². The molecule has 0 fully saturated rings. The lowest BCUT2D eigenvalue weighted by molar-refractivity contribution is 0.511. The summed E-state index contributed by atoms with van der Waals surface area (Å²) in [7, 11) is 0. The van der Waals surface area contributed by atoms with Gasteiger partial charge in [0.2, 0.25) is 0 Å². The molecule has 0 N–H and O–H groups in total. The second-order valence-corrected chi connectivity index (χ2v) is 9.87. The fourth-order valence-electron chi connectivity index (χ4n) is 4.05. The number of halogens is 3.